The first-order chi connectivity index (χ1) is 7.33. The van der Waals surface area contributed by atoms with Gasteiger partial charge in [-0.15, -0.1) is 17.4 Å². The van der Waals surface area contributed by atoms with Gasteiger partial charge in [-0.05, 0) is 12.1 Å². The van der Waals surface area contributed by atoms with Gasteiger partial charge >= 0.3 is 0 Å². The summed E-state index contributed by atoms with van der Waals surface area (Å²) in [5.74, 6) is 2.46. The second-order valence-corrected chi connectivity index (χ2v) is 3.09. The Bertz CT molecular complexity index is 580. The van der Waals surface area contributed by atoms with Crippen molar-refractivity contribution in [3.05, 3.63) is 34.6 Å². The van der Waals surface area contributed by atoms with Gasteiger partial charge in [0, 0.05) is 6.42 Å². The maximum absolute atomic E-state index is 11.8. The highest BCUT2D eigenvalue weighted by atomic mass is 16.1. The van der Waals surface area contributed by atoms with Crippen molar-refractivity contribution in [3.8, 4) is 12.3 Å². The van der Waals surface area contributed by atoms with E-state index in [-0.39, 0.29) is 5.56 Å². The summed E-state index contributed by atoms with van der Waals surface area (Å²) in [7, 11) is 0. The second-order valence-electron chi connectivity index (χ2n) is 3.09. The van der Waals surface area contributed by atoms with Gasteiger partial charge in [0.25, 0.3) is 5.56 Å². The summed E-state index contributed by atoms with van der Waals surface area (Å²) in [6.07, 6.45) is 5.60. The zero-order valence-electron chi connectivity index (χ0n) is 8.05. The third-order valence-corrected chi connectivity index (χ3v) is 2.10. The van der Waals surface area contributed by atoms with Gasteiger partial charge in [0.05, 0.1) is 11.9 Å². The van der Waals surface area contributed by atoms with Gasteiger partial charge in [0.1, 0.15) is 5.52 Å². The smallest absolute Gasteiger partial charge is 0.267 e. The number of aromatic nitrogens is 3. The molecule has 0 spiro atoms. The summed E-state index contributed by atoms with van der Waals surface area (Å²) in [6, 6.07) is 7.12. The molecule has 15 heavy (non-hydrogen) atoms. The fourth-order valence-electron chi connectivity index (χ4n) is 1.34. The van der Waals surface area contributed by atoms with Crippen LogP contribution < -0.4 is 5.56 Å². The minimum absolute atomic E-state index is 0.143. The van der Waals surface area contributed by atoms with E-state index < -0.39 is 0 Å². The zero-order valence-corrected chi connectivity index (χ0v) is 8.05. The van der Waals surface area contributed by atoms with Gasteiger partial charge in [0.2, 0.25) is 0 Å². The average Bonchev–Trinajstić information content (AvgIpc) is 2.29. The lowest BCUT2D eigenvalue weighted by Crippen LogP contribution is -2.24. The molecule has 2 rings (SSSR count). The molecular formula is C11H9N3O. The van der Waals surface area contributed by atoms with Gasteiger partial charge in [0.15, 0.2) is 0 Å². The molecule has 0 unspecified atom stereocenters. The fraction of sp³-hybridized carbons (Fsp3) is 0.182. The van der Waals surface area contributed by atoms with E-state index >= 15 is 0 Å². The maximum atomic E-state index is 11.8. The predicted molar refractivity (Wildman–Crippen MR) is 57.2 cm³/mol. The normalized spacial score (nSPS) is 10.1. The largest absolute Gasteiger partial charge is 0.277 e. The lowest BCUT2D eigenvalue weighted by Gasteiger charge is -2.01. The zero-order chi connectivity index (χ0) is 10.7. The number of hydrogen-bond acceptors (Lipinski definition) is 3. The molecule has 0 aliphatic rings. The summed E-state index contributed by atoms with van der Waals surface area (Å²) >= 11 is 0. The van der Waals surface area contributed by atoms with Crippen molar-refractivity contribution in [3.63, 3.8) is 0 Å². The number of aryl methyl sites for hydroxylation is 1. The van der Waals surface area contributed by atoms with Crippen molar-refractivity contribution >= 4 is 10.9 Å². The highest BCUT2D eigenvalue weighted by molar-refractivity contribution is 5.76. The van der Waals surface area contributed by atoms with E-state index in [0.29, 0.717) is 23.9 Å². The van der Waals surface area contributed by atoms with Crippen LogP contribution in [0.3, 0.4) is 0 Å². The van der Waals surface area contributed by atoms with Crippen LogP contribution >= 0.6 is 0 Å². The van der Waals surface area contributed by atoms with Crippen molar-refractivity contribution in [1.29, 1.82) is 0 Å². The average molecular weight is 199 g/mol. The lowest BCUT2D eigenvalue weighted by molar-refractivity contribution is 0.560. The van der Waals surface area contributed by atoms with Crippen LogP contribution in [0.25, 0.3) is 10.9 Å². The third-order valence-electron chi connectivity index (χ3n) is 2.10. The molecule has 4 nitrogen and oxygen atoms in total. The number of hydrogen-bond donors (Lipinski definition) is 0. The molecule has 0 saturated carbocycles. The molecule has 0 aliphatic carbocycles. The molecule has 74 valence electrons. The molecule has 0 radical (unpaired) electrons. The van der Waals surface area contributed by atoms with Gasteiger partial charge in [-0.3, -0.25) is 4.79 Å². The number of benzene rings is 1. The molecule has 1 heterocycles. The van der Waals surface area contributed by atoms with Gasteiger partial charge in [-0.2, -0.15) is 0 Å². The first-order valence-corrected chi connectivity index (χ1v) is 4.59. The quantitative estimate of drug-likeness (QED) is 0.672. The number of rotatable bonds is 2. The molecular weight excluding hydrogens is 190 g/mol. The molecule has 0 N–H and O–H groups in total. The first-order valence-electron chi connectivity index (χ1n) is 4.59. The monoisotopic (exact) mass is 199 g/mol. The van der Waals surface area contributed by atoms with E-state index in [1.165, 1.54) is 4.68 Å². The molecule has 0 atom stereocenters. The van der Waals surface area contributed by atoms with E-state index in [1.54, 1.807) is 18.2 Å². The Balaban J connectivity index is 2.57. The SMILES string of the molecule is C#CCCn1nnc2ccccc2c1=O. The standard InChI is InChI=1S/C11H9N3O/c1-2-3-8-14-11(15)9-6-4-5-7-10(9)12-13-14/h1,4-7H,3,8H2. The Morgan fingerprint density at radius 3 is 3.00 bits per heavy atom. The summed E-state index contributed by atoms with van der Waals surface area (Å²) in [6.45, 7) is 0.410. The molecule has 0 amide bonds. The maximum Gasteiger partial charge on any atom is 0.277 e. The Morgan fingerprint density at radius 1 is 1.40 bits per heavy atom. The highest BCUT2D eigenvalue weighted by Crippen LogP contribution is 2.03. The Labute approximate surface area is 86.5 Å². The second kappa shape index (κ2) is 3.93. The van der Waals surface area contributed by atoms with Gasteiger partial charge < -0.3 is 0 Å². The fourth-order valence-corrected chi connectivity index (χ4v) is 1.34. The predicted octanol–water partition coefficient (Wildman–Crippen LogP) is 0.815. The number of nitrogens with zero attached hydrogens (tertiary/aromatic N) is 3. The molecule has 1 aromatic carbocycles. The van der Waals surface area contributed by atoms with E-state index in [4.69, 9.17) is 6.42 Å². The minimum Gasteiger partial charge on any atom is -0.267 e. The Hall–Kier alpha value is -2.15. The molecule has 0 bridgehead atoms. The summed E-state index contributed by atoms with van der Waals surface area (Å²) in [5.41, 5.74) is 0.468. The summed E-state index contributed by atoms with van der Waals surface area (Å²) < 4.78 is 1.29. The molecule has 2 aromatic rings. The molecule has 1 aromatic heterocycles. The van der Waals surface area contributed by atoms with Crippen LogP contribution in [0.5, 0.6) is 0 Å². The summed E-state index contributed by atoms with van der Waals surface area (Å²) in [5, 5.41) is 8.32. The van der Waals surface area contributed by atoms with Gasteiger partial charge in [-0.1, -0.05) is 17.3 Å². The third kappa shape index (κ3) is 1.72. The Kier molecular flexibility index (Phi) is 2.46. The Morgan fingerprint density at radius 2 is 2.20 bits per heavy atom. The molecule has 4 heteroatoms. The van der Waals surface area contributed by atoms with Crippen LogP contribution in [0, 0.1) is 12.3 Å². The van der Waals surface area contributed by atoms with Crippen molar-refractivity contribution < 1.29 is 0 Å². The van der Waals surface area contributed by atoms with E-state index in [9.17, 15) is 4.79 Å². The molecule has 0 fully saturated rings. The van der Waals surface area contributed by atoms with Crippen LogP contribution in [0.2, 0.25) is 0 Å². The summed E-state index contributed by atoms with van der Waals surface area (Å²) in [4.78, 5) is 11.8. The first kappa shape index (κ1) is 9.41. The lowest BCUT2D eigenvalue weighted by atomic mass is 10.2. The van der Waals surface area contributed by atoms with Crippen LogP contribution in [0.15, 0.2) is 29.1 Å². The van der Waals surface area contributed by atoms with Crippen molar-refractivity contribution in [2.45, 2.75) is 13.0 Å². The van der Waals surface area contributed by atoms with Crippen molar-refractivity contribution in [1.82, 2.24) is 15.0 Å². The van der Waals surface area contributed by atoms with Crippen LogP contribution in [-0.4, -0.2) is 15.0 Å². The van der Waals surface area contributed by atoms with Crippen LogP contribution in [-0.2, 0) is 6.54 Å². The molecule has 0 saturated heterocycles. The minimum atomic E-state index is -0.143. The van der Waals surface area contributed by atoms with Crippen LogP contribution in [0.4, 0.5) is 0 Å². The highest BCUT2D eigenvalue weighted by Gasteiger charge is 2.03. The van der Waals surface area contributed by atoms with E-state index in [1.807, 2.05) is 6.07 Å². The van der Waals surface area contributed by atoms with E-state index in [2.05, 4.69) is 16.2 Å². The van der Waals surface area contributed by atoms with Crippen molar-refractivity contribution in [2.24, 2.45) is 0 Å². The van der Waals surface area contributed by atoms with E-state index in [0.717, 1.165) is 0 Å². The topological polar surface area (TPSA) is 47.8 Å². The van der Waals surface area contributed by atoms with Crippen molar-refractivity contribution in [2.75, 3.05) is 0 Å². The van der Waals surface area contributed by atoms with Gasteiger partial charge in [-0.25, -0.2) is 4.68 Å². The van der Waals surface area contributed by atoms with Crippen LogP contribution in [0.1, 0.15) is 6.42 Å². The molecule has 0 aliphatic heterocycles. The number of terminal acetylenes is 1. The number of fused-ring (bicyclic) bond motifs is 1.